The Kier molecular flexibility index (Phi) is 4.09. The van der Waals surface area contributed by atoms with Crippen LogP contribution < -0.4 is 5.73 Å². The Hall–Kier alpha value is -1.49. The molecule has 108 valence electrons. The number of nitrogens with two attached hydrogens (primary N) is 1. The first-order chi connectivity index (χ1) is 9.35. The van der Waals surface area contributed by atoms with E-state index in [1.165, 1.54) is 12.1 Å². The van der Waals surface area contributed by atoms with Gasteiger partial charge in [-0.2, -0.15) is 0 Å². The Labute approximate surface area is 123 Å². The van der Waals surface area contributed by atoms with E-state index in [0.717, 1.165) is 18.4 Å². The summed E-state index contributed by atoms with van der Waals surface area (Å²) in [7, 11) is 1.73. The molecular weight excluding hydrogens is 275 g/mol. The first-order valence-corrected chi connectivity index (χ1v) is 7.06. The SMILES string of the molecule is CC1CC(C(=O)N(C)Cc2ccc(F)cc2)(C(N)=S)C1. The first kappa shape index (κ1) is 14.9. The molecule has 0 unspecified atom stereocenters. The van der Waals surface area contributed by atoms with Gasteiger partial charge in [0.1, 0.15) is 5.82 Å². The molecule has 0 saturated heterocycles. The highest BCUT2D eigenvalue weighted by Gasteiger charge is 2.51. The molecule has 1 fully saturated rings. The second kappa shape index (κ2) is 5.48. The fraction of sp³-hybridized carbons (Fsp3) is 0.467. The summed E-state index contributed by atoms with van der Waals surface area (Å²) < 4.78 is 12.9. The van der Waals surface area contributed by atoms with Crippen molar-refractivity contribution in [1.29, 1.82) is 0 Å². The Morgan fingerprint density at radius 1 is 1.45 bits per heavy atom. The summed E-state index contributed by atoms with van der Waals surface area (Å²) in [5.41, 5.74) is 5.99. The van der Waals surface area contributed by atoms with Crippen molar-refractivity contribution in [1.82, 2.24) is 4.90 Å². The monoisotopic (exact) mass is 294 g/mol. The number of benzene rings is 1. The molecule has 0 heterocycles. The molecule has 1 aliphatic carbocycles. The summed E-state index contributed by atoms with van der Waals surface area (Å²) in [5.74, 6) is 0.155. The Morgan fingerprint density at radius 3 is 2.45 bits per heavy atom. The predicted molar refractivity (Wildman–Crippen MR) is 80.5 cm³/mol. The summed E-state index contributed by atoms with van der Waals surface area (Å²) in [5, 5.41) is 0. The number of carbonyl (C=O) groups excluding carboxylic acids is 1. The van der Waals surface area contributed by atoms with Crippen LogP contribution >= 0.6 is 12.2 Å². The molecule has 0 aromatic heterocycles. The maximum absolute atomic E-state index is 12.9. The molecule has 2 rings (SSSR count). The number of amides is 1. The number of carbonyl (C=O) groups is 1. The van der Waals surface area contributed by atoms with Crippen LogP contribution in [0.1, 0.15) is 25.3 Å². The van der Waals surface area contributed by atoms with E-state index in [2.05, 4.69) is 6.92 Å². The third-order valence-electron chi connectivity index (χ3n) is 3.95. The lowest BCUT2D eigenvalue weighted by Gasteiger charge is -2.46. The second-order valence-electron chi connectivity index (χ2n) is 5.75. The topological polar surface area (TPSA) is 46.3 Å². The van der Waals surface area contributed by atoms with Crippen molar-refractivity contribution in [3.63, 3.8) is 0 Å². The molecule has 0 bridgehead atoms. The molecule has 0 radical (unpaired) electrons. The molecule has 0 atom stereocenters. The van der Waals surface area contributed by atoms with Gasteiger partial charge in [0.15, 0.2) is 0 Å². The summed E-state index contributed by atoms with van der Waals surface area (Å²) in [6.45, 7) is 2.52. The highest BCUT2D eigenvalue weighted by Crippen LogP contribution is 2.47. The smallest absolute Gasteiger partial charge is 0.235 e. The average molecular weight is 294 g/mol. The third-order valence-corrected chi connectivity index (χ3v) is 4.35. The number of hydrogen-bond donors (Lipinski definition) is 1. The molecule has 0 spiro atoms. The maximum Gasteiger partial charge on any atom is 0.235 e. The highest BCUT2D eigenvalue weighted by atomic mass is 32.1. The van der Waals surface area contributed by atoms with E-state index in [0.29, 0.717) is 12.5 Å². The number of hydrogen-bond acceptors (Lipinski definition) is 2. The van der Waals surface area contributed by atoms with Crippen molar-refractivity contribution < 1.29 is 9.18 Å². The van der Waals surface area contributed by atoms with Gasteiger partial charge >= 0.3 is 0 Å². The van der Waals surface area contributed by atoms with Crippen molar-refractivity contribution in [3.05, 3.63) is 35.6 Å². The van der Waals surface area contributed by atoms with Crippen molar-refractivity contribution in [2.75, 3.05) is 7.05 Å². The van der Waals surface area contributed by atoms with Crippen LogP contribution in [-0.2, 0) is 11.3 Å². The zero-order valence-electron chi connectivity index (χ0n) is 11.7. The molecule has 2 N–H and O–H groups in total. The van der Waals surface area contributed by atoms with Gasteiger partial charge in [0, 0.05) is 13.6 Å². The predicted octanol–water partition coefficient (Wildman–Crippen LogP) is 2.49. The molecule has 3 nitrogen and oxygen atoms in total. The normalized spacial score (nSPS) is 24.9. The van der Waals surface area contributed by atoms with E-state index >= 15 is 0 Å². The van der Waals surface area contributed by atoms with Gasteiger partial charge in [-0.3, -0.25) is 4.79 Å². The maximum atomic E-state index is 12.9. The van der Waals surface area contributed by atoms with E-state index in [9.17, 15) is 9.18 Å². The summed E-state index contributed by atoms with van der Waals surface area (Å²) in [6, 6.07) is 6.14. The molecular formula is C15H19FN2OS. The Balaban J connectivity index is 2.08. The van der Waals surface area contributed by atoms with Crippen LogP contribution in [-0.4, -0.2) is 22.8 Å². The largest absolute Gasteiger partial charge is 0.392 e. The van der Waals surface area contributed by atoms with Gasteiger partial charge in [-0.25, -0.2) is 4.39 Å². The Morgan fingerprint density at radius 2 is 2.00 bits per heavy atom. The van der Waals surface area contributed by atoms with Crippen LogP contribution in [0.3, 0.4) is 0 Å². The highest BCUT2D eigenvalue weighted by molar-refractivity contribution is 7.80. The van der Waals surface area contributed by atoms with Gasteiger partial charge < -0.3 is 10.6 Å². The zero-order valence-corrected chi connectivity index (χ0v) is 12.5. The molecule has 20 heavy (non-hydrogen) atoms. The number of nitrogens with zero attached hydrogens (tertiary/aromatic N) is 1. The second-order valence-corrected chi connectivity index (χ2v) is 6.19. The zero-order chi connectivity index (χ0) is 14.9. The average Bonchev–Trinajstić information content (AvgIpc) is 2.36. The van der Waals surface area contributed by atoms with Crippen LogP contribution in [0, 0.1) is 17.2 Å². The fourth-order valence-corrected chi connectivity index (χ4v) is 3.17. The van der Waals surface area contributed by atoms with Gasteiger partial charge in [-0.1, -0.05) is 31.3 Å². The minimum Gasteiger partial charge on any atom is -0.392 e. The lowest BCUT2D eigenvalue weighted by molar-refractivity contribution is -0.143. The van der Waals surface area contributed by atoms with Crippen molar-refractivity contribution in [2.24, 2.45) is 17.1 Å². The van der Waals surface area contributed by atoms with Crippen LogP contribution in [0.25, 0.3) is 0 Å². The van der Waals surface area contributed by atoms with Crippen molar-refractivity contribution in [2.45, 2.75) is 26.3 Å². The third kappa shape index (κ3) is 2.68. The summed E-state index contributed by atoms with van der Waals surface area (Å²) in [6.07, 6.45) is 1.43. The molecule has 0 aliphatic heterocycles. The van der Waals surface area contributed by atoms with Crippen LogP contribution in [0.5, 0.6) is 0 Å². The number of rotatable bonds is 4. The minimum atomic E-state index is -0.677. The van der Waals surface area contributed by atoms with Crippen LogP contribution in [0.4, 0.5) is 4.39 Å². The Bertz CT molecular complexity index is 523. The summed E-state index contributed by atoms with van der Waals surface area (Å²) >= 11 is 5.09. The number of halogens is 1. The van der Waals surface area contributed by atoms with Crippen molar-refractivity contribution >= 4 is 23.1 Å². The van der Waals surface area contributed by atoms with Gasteiger partial charge in [0.25, 0.3) is 0 Å². The van der Waals surface area contributed by atoms with Gasteiger partial charge in [-0.05, 0) is 36.5 Å². The standard InChI is InChI=1S/C15H19FN2OS/c1-10-7-15(8-10,13(17)20)14(19)18(2)9-11-3-5-12(16)6-4-11/h3-6,10H,7-9H2,1-2H3,(H2,17,20). The fourth-order valence-electron chi connectivity index (χ4n) is 2.91. The number of thiocarbonyl (C=S) groups is 1. The van der Waals surface area contributed by atoms with E-state index in [-0.39, 0.29) is 16.7 Å². The van der Waals surface area contributed by atoms with Gasteiger partial charge in [0.05, 0.1) is 10.4 Å². The van der Waals surface area contributed by atoms with E-state index in [1.54, 1.807) is 24.1 Å². The van der Waals surface area contributed by atoms with E-state index in [1.807, 2.05) is 0 Å². The molecule has 5 heteroatoms. The van der Waals surface area contributed by atoms with Crippen molar-refractivity contribution in [3.8, 4) is 0 Å². The quantitative estimate of drug-likeness (QED) is 0.868. The molecule has 1 aliphatic rings. The van der Waals surface area contributed by atoms with Gasteiger partial charge in [-0.15, -0.1) is 0 Å². The van der Waals surface area contributed by atoms with E-state index < -0.39 is 5.41 Å². The van der Waals surface area contributed by atoms with Gasteiger partial charge in [0.2, 0.25) is 5.91 Å². The lowest BCUT2D eigenvalue weighted by Crippen LogP contribution is -2.56. The van der Waals surface area contributed by atoms with Crippen LogP contribution in [0.2, 0.25) is 0 Å². The molecule has 1 aromatic carbocycles. The minimum absolute atomic E-state index is 0.0348. The summed E-state index contributed by atoms with van der Waals surface area (Å²) in [4.78, 5) is 14.5. The lowest BCUT2D eigenvalue weighted by atomic mass is 9.61. The molecule has 1 aromatic rings. The molecule has 1 amide bonds. The first-order valence-electron chi connectivity index (χ1n) is 6.65. The van der Waals surface area contributed by atoms with Crippen LogP contribution in [0.15, 0.2) is 24.3 Å². The van der Waals surface area contributed by atoms with E-state index in [4.69, 9.17) is 18.0 Å². The molecule has 1 saturated carbocycles.